The number of hydrogen-bond donors (Lipinski definition) is 0. The zero-order chi connectivity index (χ0) is 16.1. The summed E-state index contributed by atoms with van der Waals surface area (Å²) in [5.74, 6) is 1.86. The highest BCUT2D eigenvalue weighted by Crippen LogP contribution is 2.26. The van der Waals surface area contributed by atoms with Crippen molar-refractivity contribution in [2.75, 3.05) is 55.8 Å². The summed E-state index contributed by atoms with van der Waals surface area (Å²) in [6.07, 6.45) is 2.28. The number of anilines is 1. The van der Waals surface area contributed by atoms with Crippen molar-refractivity contribution < 1.29 is 4.79 Å². The van der Waals surface area contributed by atoms with Crippen molar-refractivity contribution in [3.8, 4) is 0 Å². The molecular weight excluding hydrogens is 365 g/mol. The van der Waals surface area contributed by atoms with Crippen LogP contribution < -0.4 is 4.90 Å². The number of hydrogen-bond acceptors (Lipinski definition) is 4. The van der Waals surface area contributed by atoms with E-state index in [2.05, 4.69) is 15.9 Å². The Bertz CT molecular complexity index is 538. The van der Waals surface area contributed by atoms with Gasteiger partial charge in [0.25, 0.3) is 0 Å². The molecule has 3 rings (SSSR count). The molecule has 1 aromatic rings. The van der Waals surface area contributed by atoms with E-state index in [-0.39, 0.29) is 12.4 Å². The summed E-state index contributed by atoms with van der Waals surface area (Å²) in [6, 6.07) is 8.08. The molecule has 0 saturated carbocycles. The third-order valence-electron chi connectivity index (χ3n) is 4.54. The van der Waals surface area contributed by atoms with Gasteiger partial charge in [-0.3, -0.25) is 9.69 Å². The van der Waals surface area contributed by atoms with Gasteiger partial charge in [0.1, 0.15) is 0 Å². The lowest BCUT2D eigenvalue weighted by Crippen LogP contribution is -2.46. The van der Waals surface area contributed by atoms with Crippen molar-refractivity contribution in [1.29, 1.82) is 0 Å². The van der Waals surface area contributed by atoms with Crippen molar-refractivity contribution in [1.82, 2.24) is 9.80 Å². The van der Waals surface area contributed by atoms with Gasteiger partial charge in [-0.15, -0.1) is 24.2 Å². The van der Waals surface area contributed by atoms with Crippen LogP contribution in [0.15, 0.2) is 24.3 Å². The van der Waals surface area contributed by atoms with E-state index in [0.29, 0.717) is 11.7 Å². The average Bonchev–Trinajstić information content (AvgIpc) is 2.98. The van der Waals surface area contributed by atoms with E-state index in [1.165, 1.54) is 6.42 Å². The maximum atomic E-state index is 11.5. The van der Waals surface area contributed by atoms with Crippen LogP contribution >= 0.6 is 35.8 Å². The quantitative estimate of drug-likeness (QED) is 0.697. The van der Waals surface area contributed by atoms with Crippen LogP contribution in [0, 0.1) is 0 Å². The van der Waals surface area contributed by atoms with Crippen LogP contribution in [-0.2, 0) is 4.79 Å². The Morgan fingerprint density at radius 2 is 1.75 bits per heavy atom. The standard InChI is InChI=1S/C17H24ClN3OS.ClH/c18-15-5-1-2-6-16(15)20-11-9-19(10-12-20)7-3-4-8-21-14-23-13-17(21)22;/h1-2,5-6H,3-4,7-14H2;1H. The van der Waals surface area contributed by atoms with Gasteiger partial charge in [0, 0.05) is 32.7 Å². The summed E-state index contributed by atoms with van der Waals surface area (Å²) >= 11 is 8.01. The number of para-hydroxylation sites is 1. The highest BCUT2D eigenvalue weighted by Gasteiger charge is 2.21. The van der Waals surface area contributed by atoms with Crippen molar-refractivity contribution >= 4 is 47.4 Å². The Balaban J connectivity index is 0.00000208. The molecule has 4 nitrogen and oxygen atoms in total. The first-order valence-corrected chi connectivity index (χ1v) is 9.84. The molecule has 2 saturated heterocycles. The molecule has 2 fully saturated rings. The van der Waals surface area contributed by atoms with Crippen molar-refractivity contribution in [2.24, 2.45) is 0 Å². The molecule has 0 N–H and O–H groups in total. The van der Waals surface area contributed by atoms with Crippen molar-refractivity contribution in [2.45, 2.75) is 12.8 Å². The molecule has 0 unspecified atom stereocenters. The summed E-state index contributed by atoms with van der Waals surface area (Å²) in [5, 5.41) is 0.842. The molecular formula is C17H25Cl2N3OS. The van der Waals surface area contributed by atoms with Gasteiger partial charge in [-0.05, 0) is 31.5 Å². The van der Waals surface area contributed by atoms with Crippen LogP contribution in [0.5, 0.6) is 0 Å². The number of halogens is 2. The number of amides is 1. The lowest BCUT2D eigenvalue weighted by Gasteiger charge is -2.36. The Morgan fingerprint density at radius 3 is 2.42 bits per heavy atom. The van der Waals surface area contributed by atoms with Gasteiger partial charge in [-0.25, -0.2) is 0 Å². The van der Waals surface area contributed by atoms with Gasteiger partial charge in [0.15, 0.2) is 0 Å². The second-order valence-electron chi connectivity index (χ2n) is 6.12. The fraction of sp³-hybridized carbons (Fsp3) is 0.588. The first-order chi connectivity index (χ1) is 11.2. The van der Waals surface area contributed by atoms with E-state index < -0.39 is 0 Å². The molecule has 7 heteroatoms. The van der Waals surface area contributed by atoms with Gasteiger partial charge in [0.2, 0.25) is 5.91 Å². The molecule has 0 radical (unpaired) electrons. The third kappa shape index (κ3) is 5.19. The largest absolute Gasteiger partial charge is 0.368 e. The van der Waals surface area contributed by atoms with E-state index in [1.54, 1.807) is 11.8 Å². The summed E-state index contributed by atoms with van der Waals surface area (Å²) in [4.78, 5) is 18.4. The minimum Gasteiger partial charge on any atom is -0.368 e. The summed E-state index contributed by atoms with van der Waals surface area (Å²) < 4.78 is 0. The fourth-order valence-corrected chi connectivity index (χ4v) is 4.35. The first kappa shape index (κ1) is 19.7. The third-order valence-corrected chi connectivity index (χ3v) is 5.81. The number of carbonyl (C=O) groups excluding carboxylic acids is 1. The van der Waals surface area contributed by atoms with Gasteiger partial charge in [-0.2, -0.15) is 0 Å². The molecule has 0 bridgehead atoms. The van der Waals surface area contributed by atoms with Gasteiger partial charge in [-0.1, -0.05) is 23.7 Å². The number of benzene rings is 1. The number of piperazine rings is 1. The van der Waals surface area contributed by atoms with Gasteiger partial charge >= 0.3 is 0 Å². The average molecular weight is 390 g/mol. The van der Waals surface area contributed by atoms with E-state index >= 15 is 0 Å². The van der Waals surface area contributed by atoms with E-state index in [9.17, 15) is 4.79 Å². The molecule has 0 spiro atoms. The minimum absolute atomic E-state index is 0. The minimum atomic E-state index is 0. The van der Waals surface area contributed by atoms with Crippen LogP contribution in [0.1, 0.15) is 12.8 Å². The van der Waals surface area contributed by atoms with E-state index in [4.69, 9.17) is 11.6 Å². The Hall–Kier alpha value is -0.620. The van der Waals surface area contributed by atoms with Crippen LogP contribution in [0.2, 0.25) is 5.02 Å². The van der Waals surface area contributed by atoms with Crippen LogP contribution in [0.4, 0.5) is 5.69 Å². The highest BCUT2D eigenvalue weighted by atomic mass is 35.5. The molecule has 134 valence electrons. The number of unbranched alkanes of at least 4 members (excludes halogenated alkanes) is 1. The molecule has 1 amide bonds. The van der Waals surface area contributed by atoms with Crippen LogP contribution in [0.3, 0.4) is 0 Å². The lowest BCUT2D eigenvalue weighted by molar-refractivity contribution is -0.126. The molecule has 24 heavy (non-hydrogen) atoms. The van der Waals surface area contributed by atoms with Crippen molar-refractivity contribution in [3.05, 3.63) is 29.3 Å². The predicted octanol–water partition coefficient (Wildman–Crippen LogP) is 3.20. The SMILES string of the molecule is Cl.O=C1CSCN1CCCCN1CCN(c2ccccc2Cl)CC1. The number of thioether (sulfide) groups is 1. The summed E-state index contributed by atoms with van der Waals surface area (Å²) in [5.41, 5.74) is 1.15. The summed E-state index contributed by atoms with van der Waals surface area (Å²) in [7, 11) is 0. The van der Waals surface area contributed by atoms with Crippen molar-refractivity contribution in [3.63, 3.8) is 0 Å². The zero-order valence-electron chi connectivity index (χ0n) is 13.8. The van der Waals surface area contributed by atoms with Gasteiger partial charge in [0.05, 0.1) is 22.3 Å². The predicted molar refractivity (Wildman–Crippen MR) is 106 cm³/mol. The van der Waals surface area contributed by atoms with E-state index in [1.807, 2.05) is 23.1 Å². The topological polar surface area (TPSA) is 26.8 Å². The Kier molecular flexibility index (Phi) is 8.01. The summed E-state index contributed by atoms with van der Waals surface area (Å²) in [6.45, 7) is 6.29. The molecule has 0 aromatic heterocycles. The maximum Gasteiger partial charge on any atom is 0.233 e. The first-order valence-electron chi connectivity index (χ1n) is 8.31. The monoisotopic (exact) mass is 389 g/mol. The maximum absolute atomic E-state index is 11.5. The molecule has 1 aromatic carbocycles. The second-order valence-corrected chi connectivity index (χ2v) is 7.48. The number of carbonyl (C=O) groups is 1. The normalized spacial score (nSPS) is 18.8. The van der Waals surface area contributed by atoms with Crippen LogP contribution in [0.25, 0.3) is 0 Å². The number of nitrogens with zero attached hydrogens (tertiary/aromatic N) is 3. The van der Waals surface area contributed by atoms with Crippen LogP contribution in [-0.4, -0.2) is 66.6 Å². The Labute approximate surface area is 159 Å². The lowest BCUT2D eigenvalue weighted by atomic mass is 10.2. The number of rotatable bonds is 6. The van der Waals surface area contributed by atoms with Gasteiger partial charge < -0.3 is 9.80 Å². The highest BCUT2D eigenvalue weighted by molar-refractivity contribution is 8.00. The Morgan fingerprint density at radius 1 is 1.04 bits per heavy atom. The van der Waals surface area contributed by atoms with E-state index in [0.717, 1.165) is 62.3 Å². The molecule has 0 aliphatic carbocycles. The second kappa shape index (κ2) is 9.76. The molecule has 2 aliphatic rings. The molecule has 2 aliphatic heterocycles. The smallest absolute Gasteiger partial charge is 0.233 e. The molecule has 0 atom stereocenters. The fourth-order valence-electron chi connectivity index (χ4n) is 3.15. The molecule has 2 heterocycles. The zero-order valence-corrected chi connectivity index (χ0v) is 16.2.